The number of ether oxygens (including phenoxy) is 2. The van der Waals surface area contributed by atoms with Crippen molar-refractivity contribution in [3.8, 4) is 0 Å². The van der Waals surface area contributed by atoms with Crippen LogP contribution >= 0.6 is 0 Å². The average molecular weight is 422 g/mol. The Balaban J connectivity index is 1.26. The summed E-state index contributed by atoms with van der Waals surface area (Å²) in [5.74, 6) is -0.850. The van der Waals surface area contributed by atoms with Gasteiger partial charge >= 0.3 is 5.97 Å². The quantitative estimate of drug-likeness (QED) is 0.587. The van der Waals surface area contributed by atoms with Crippen molar-refractivity contribution in [2.24, 2.45) is 0 Å². The SMILES string of the molecule is CCc1ccc2c(CC(=O)OCC(=O)Nc3ccc(N4CCOCC4)cc3)coc2c1. The number of carbonyl (C=O) groups excluding carboxylic acids is 2. The van der Waals surface area contributed by atoms with Crippen LogP contribution in [0.4, 0.5) is 11.4 Å². The van der Waals surface area contributed by atoms with Gasteiger partial charge in [0.2, 0.25) is 0 Å². The van der Waals surface area contributed by atoms with Crippen molar-refractivity contribution in [3.05, 3.63) is 59.9 Å². The van der Waals surface area contributed by atoms with Crippen molar-refractivity contribution in [1.29, 1.82) is 0 Å². The number of carbonyl (C=O) groups is 2. The molecule has 1 amide bonds. The van der Waals surface area contributed by atoms with Gasteiger partial charge in [0, 0.05) is 35.4 Å². The number of furan rings is 1. The number of esters is 1. The van der Waals surface area contributed by atoms with Crippen LogP contribution in [-0.2, 0) is 31.9 Å². The lowest BCUT2D eigenvalue weighted by molar-refractivity contribution is -0.146. The Hall–Kier alpha value is -3.32. The summed E-state index contributed by atoms with van der Waals surface area (Å²) >= 11 is 0. The Kier molecular flexibility index (Phi) is 6.52. The van der Waals surface area contributed by atoms with E-state index in [0.717, 1.165) is 54.9 Å². The fraction of sp³-hybridized carbons (Fsp3) is 0.333. The highest BCUT2D eigenvalue weighted by Crippen LogP contribution is 2.23. The molecular weight excluding hydrogens is 396 g/mol. The summed E-state index contributed by atoms with van der Waals surface area (Å²) in [7, 11) is 0. The molecule has 0 bridgehead atoms. The van der Waals surface area contributed by atoms with Gasteiger partial charge in [-0.3, -0.25) is 9.59 Å². The van der Waals surface area contributed by atoms with Crippen LogP contribution in [0, 0.1) is 0 Å². The molecule has 31 heavy (non-hydrogen) atoms. The van der Waals surface area contributed by atoms with Crippen LogP contribution in [0.1, 0.15) is 18.1 Å². The maximum Gasteiger partial charge on any atom is 0.310 e. The molecule has 7 nitrogen and oxygen atoms in total. The third-order valence-electron chi connectivity index (χ3n) is 5.35. The van der Waals surface area contributed by atoms with Crippen LogP contribution in [0.25, 0.3) is 11.0 Å². The molecule has 0 spiro atoms. The molecule has 162 valence electrons. The highest BCUT2D eigenvalue weighted by atomic mass is 16.5. The first-order valence-electron chi connectivity index (χ1n) is 10.5. The molecule has 1 fully saturated rings. The average Bonchev–Trinajstić information content (AvgIpc) is 3.20. The van der Waals surface area contributed by atoms with Gasteiger partial charge in [-0.25, -0.2) is 0 Å². The van der Waals surface area contributed by atoms with Gasteiger partial charge in [0.15, 0.2) is 6.61 Å². The number of fused-ring (bicyclic) bond motifs is 1. The number of morpholine rings is 1. The zero-order valence-corrected chi connectivity index (χ0v) is 17.6. The van der Waals surface area contributed by atoms with Crippen molar-refractivity contribution < 1.29 is 23.5 Å². The Morgan fingerprint density at radius 2 is 1.87 bits per heavy atom. The Morgan fingerprint density at radius 3 is 2.61 bits per heavy atom. The van der Waals surface area contributed by atoms with E-state index in [1.54, 1.807) is 6.26 Å². The summed E-state index contributed by atoms with van der Waals surface area (Å²) in [6, 6.07) is 13.5. The van der Waals surface area contributed by atoms with E-state index in [4.69, 9.17) is 13.9 Å². The molecule has 3 aromatic rings. The molecule has 0 atom stereocenters. The lowest BCUT2D eigenvalue weighted by Gasteiger charge is -2.28. The Bertz CT molecular complexity index is 1050. The summed E-state index contributed by atoms with van der Waals surface area (Å²) in [4.78, 5) is 26.6. The molecule has 7 heteroatoms. The fourth-order valence-corrected chi connectivity index (χ4v) is 3.61. The van der Waals surface area contributed by atoms with Crippen LogP contribution in [0.3, 0.4) is 0 Å². The van der Waals surface area contributed by atoms with Gasteiger partial charge in [-0.05, 0) is 42.3 Å². The summed E-state index contributed by atoms with van der Waals surface area (Å²) in [6.45, 7) is 4.89. The van der Waals surface area contributed by atoms with Gasteiger partial charge in [-0.2, -0.15) is 0 Å². The molecule has 4 rings (SSSR count). The summed E-state index contributed by atoms with van der Waals surface area (Å²) < 4.78 is 16.1. The van der Waals surface area contributed by atoms with E-state index in [0.29, 0.717) is 5.69 Å². The highest BCUT2D eigenvalue weighted by molar-refractivity contribution is 5.93. The standard InChI is InChI=1S/C24H26N2O5/c1-2-17-3-8-21-18(15-30-22(21)13-17)14-24(28)31-16-23(27)25-19-4-6-20(7-5-19)26-9-11-29-12-10-26/h3-8,13,15H,2,9-12,14,16H2,1H3,(H,25,27). The van der Waals surface area contributed by atoms with Crippen molar-refractivity contribution in [3.63, 3.8) is 0 Å². The van der Waals surface area contributed by atoms with Gasteiger partial charge in [-0.15, -0.1) is 0 Å². The van der Waals surface area contributed by atoms with Crippen LogP contribution in [0.15, 0.2) is 53.1 Å². The van der Waals surface area contributed by atoms with Crippen molar-refractivity contribution in [2.75, 3.05) is 43.1 Å². The van der Waals surface area contributed by atoms with E-state index in [2.05, 4.69) is 17.1 Å². The molecule has 0 saturated carbocycles. The number of amides is 1. The lowest BCUT2D eigenvalue weighted by atomic mass is 10.1. The normalized spacial score (nSPS) is 13.9. The zero-order valence-electron chi connectivity index (χ0n) is 17.6. The van der Waals surface area contributed by atoms with E-state index in [9.17, 15) is 9.59 Å². The number of hydrogen-bond donors (Lipinski definition) is 1. The van der Waals surface area contributed by atoms with E-state index >= 15 is 0 Å². The number of anilines is 2. The number of nitrogens with one attached hydrogen (secondary N) is 1. The predicted molar refractivity (Wildman–Crippen MR) is 118 cm³/mol. The molecule has 1 aliphatic heterocycles. The van der Waals surface area contributed by atoms with Crippen molar-refractivity contribution in [1.82, 2.24) is 0 Å². The number of benzene rings is 2. The first-order chi connectivity index (χ1) is 15.1. The fourth-order valence-electron chi connectivity index (χ4n) is 3.61. The highest BCUT2D eigenvalue weighted by Gasteiger charge is 2.14. The summed E-state index contributed by atoms with van der Waals surface area (Å²) in [5, 5.41) is 3.64. The van der Waals surface area contributed by atoms with Crippen LogP contribution in [0.2, 0.25) is 0 Å². The lowest BCUT2D eigenvalue weighted by Crippen LogP contribution is -2.36. The minimum atomic E-state index is -0.472. The van der Waals surface area contributed by atoms with E-state index in [-0.39, 0.29) is 18.9 Å². The van der Waals surface area contributed by atoms with E-state index < -0.39 is 5.97 Å². The van der Waals surface area contributed by atoms with Gasteiger partial charge < -0.3 is 24.1 Å². The Morgan fingerprint density at radius 1 is 1.10 bits per heavy atom. The minimum absolute atomic E-state index is 0.0556. The van der Waals surface area contributed by atoms with Crippen LogP contribution < -0.4 is 10.2 Å². The van der Waals surface area contributed by atoms with E-state index in [1.165, 1.54) is 5.56 Å². The second-order valence-corrected chi connectivity index (χ2v) is 7.48. The first-order valence-corrected chi connectivity index (χ1v) is 10.5. The Labute approximate surface area is 180 Å². The monoisotopic (exact) mass is 422 g/mol. The third kappa shape index (κ3) is 5.24. The predicted octanol–water partition coefficient (Wildman–Crippen LogP) is 3.56. The van der Waals surface area contributed by atoms with E-state index in [1.807, 2.05) is 42.5 Å². The molecule has 2 aromatic carbocycles. The van der Waals surface area contributed by atoms with Gasteiger partial charge in [-0.1, -0.05) is 19.1 Å². The molecule has 0 unspecified atom stereocenters. The molecule has 1 saturated heterocycles. The maximum absolute atomic E-state index is 12.2. The van der Waals surface area contributed by atoms with Crippen LogP contribution in [0.5, 0.6) is 0 Å². The number of rotatable bonds is 7. The van der Waals surface area contributed by atoms with Crippen molar-refractivity contribution in [2.45, 2.75) is 19.8 Å². The molecule has 1 aromatic heterocycles. The largest absolute Gasteiger partial charge is 0.464 e. The second kappa shape index (κ2) is 9.66. The molecule has 2 heterocycles. The number of nitrogens with zero attached hydrogens (tertiary/aromatic N) is 1. The van der Waals surface area contributed by atoms with Gasteiger partial charge in [0.05, 0.1) is 25.9 Å². The molecule has 0 aliphatic carbocycles. The van der Waals surface area contributed by atoms with Crippen molar-refractivity contribution >= 4 is 34.2 Å². The van der Waals surface area contributed by atoms with Gasteiger partial charge in [0.1, 0.15) is 5.58 Å². The maximum atomic E-state index is 12.2. The zero-order chi connectivity index (χ0) is 21.6. The minimum Gasteiger partial charge on any atom is -0.464 e. The molecular formula is C24H26N2O5. The topological polar surface area (TPSA) is 81.0 Å². The first kappa shape index (κ1) is 20.9. The molecule has 1 aliphatic rings. The molecule has 0 radical (unpaired) electrons. The summed E-state index contributed by atoms with van der Waals surface area (Å²) in [6.07, 6.45) is 2.54. The van der Waals surface area contributed by atoms with Gasteiger partial charge in [0.25, 0.3) is 5.91 Å². The second-order valence-electron chi connectivity index (χ2n) is 7.48. The van der Waals surface area contributed by atoms with Crippen LogP contribution in [-0.4, -0.2) is 44.8 Å². The molecule has 1 N–H and O–H groups in total. The summed E-state index contributed by atoms with van der Waals surface area (Å²) in [5.41, 5.74) is 4.42. The number of hydrogen-bond acceptors (Lipinski definition) is 6. The number of aryl methyl sites for hydroxylation is 1. The smallest absolute Gasteiger partial charge is 0.310 e. The third-order valence-corrected chi connectivity index (χ3v) is 5.35.